The predicted molar refractivity (Wildman–Crippen MR) is 228 cm³/mol. The van der Waals surface area contributed by atoms with E-state index in [0.29, 0.717) is 13.1 Å². The highest BCUT2D eigenvalue weighted by atomic mass is 16.2. The number of nitrogens with zero attached hydrogens (tertiary/aromatic N) is 2. The minimum absolute atomic E-state index is 0.0251. The van der Waals surface area contributed by atoms with Gasteiger partial charge in [-0.05, 0) is 89.4 Å². The van der Waals surface area contributed by atoms with Crippen molar-refractivity contribution in [3.63, 3.8) is 0 Å². The summed E-state index contributed by atoms with van der Waals surface area (Å²) >= 11 is 0. The van der Waals surface area contributed by atoms with Crippen molar-refractivity contribution in [2.24, 2.45) is 0 Å². The minimum atomic E-state index is 0.0251. The summed E-state index contributed by atoms with van der Waals surface area (Å²) in [6, 6.07) is 35.6. The topological polar surface area (TPSA) is 40.2 Å². The van der Waals surface area contributed by atoms with Gasteiger partial charge in [-0.25, -0.2) is 0 Å². The van der Waals surface area contributed by atoms with Crippen LogP contribution in [0.25, 0.3) is 44.5 Å². The molecule has 0 bridgehead atoms. The third kappa shape index (κ3) is 7.53. The van der Waals surface area contributed by atoms with Crippen LogP contribution in [0.5, 0.6) is 0 Å². The molecule has 0 atom stereocenters. The Labute approximate surface area is 323 Å². The minimum Gasteiger partial charge on any atom is -0.301 e. The Morgan fingerprint density at radius 3 is 0.815 bits per heavy atom. The Kier molecular flexibility index (Phi) is 8.87. The van der Waals surface area contributed by atoms with E-state index in [-0.39, 0.29) is 33.5 Å². The molecule has 54 heavy (non-hydrogen) atoms. The molecule has 0 aromatic heterocycles. The second kappa shape index (κ2) is 12.8. The third-order valence-corrected chi connectivity index (χ3v) is 11.1. The monoisotopic (exact) mass is 716 g/mol. The van der Waals surface area contributed by atoms with E-state index in [1.165, 1.54) is 33.4 Å². The molecule has 0 unspecified atom stereocenters. The van der Waals surface area contributed by atoms with Gasteiger partial charge in [0.2, 0.25) is 11.8 Å². The Morgan fingerprint density at radius 1 is 0.352 bits per heavy atom. The Hall–Kier alpha value is -4.96. The molecule has 0 saturated carbocycles. The second-order valence-corrected chi connectivity index (χ2v) is 19.6. The van der Waals surface area contributed by atoms with E-state index in [1.54, 1.807) is 0 Å². The third-order valence-electron chi connectivity index (χ3n) is 11.1. The fourth-order valence-corrected chi connectivity index (χ4v) is 7.13. The fourth-order valence-electron chi connectivity index (χ4n) is 7.13. The molecule has 4 heteroatoms. The van der Waals surface area contributed by atoms with Gasteiger partial charge in [-0.2, -0.15) is 0 Å². The van der Waals surface area contributed by atoms with E-state index >= 15 is 0 Å². The van der Waals surface area contributed by atoms with Gasteiger partial charge >= 0.3 is 0 Å². The maximum absolute atomic E-state index is 12.7. The van der Waals surface area contributed by atoms with Crippen LogP contribution in [0.2, 0.25) is 0 Å². The Bertz CT molecular complexity index is 2050. The molecule has 278 valence electrons. The van der Waals surface area contributed by atoms with Crippen LogP contribution in [0, 0.1) is 0 Å². The van der Waals surface area contributed by atoms with Gasteiger partial charge in [0.1, 0.15) is 13.1 Å². The van der Waals surface area contributed by atoms with Gasteiger partial charge in [0.15, 0.2) is 0 Å². The molecule has 2 saturated heterocycles. The number of rotatable bonds is 6. The molecule has 2 fully saturated rings. The molecule has 5 aromatic carbocycles. The lowest BCUT2D eigenvalue weighted by Gasteiger charge is -2.26. The van der Waals surface area contributed by atoms with Crippen LogP contribution in [0.1, 0.15) is 105 Å². The summed E-state index contributed by atoms with van der Waals surface area (Å²) in [6.07, 6.45) is 0. The highest BCUT2D eigenvalue weighted by molar-refractivity contribution is 6.18. The van der Waals surface area contributed by atoms with Crippen molar-refractivity contribution < 1.29 is 9.59 Å². The van der Waals surface area contributed by atoms with Crippen LogP contribution >= 0.6 is 0 Å². The van der Waals surface area contributed by atoms with E-state index in [9.17, 15) is 9.59 Å². The molecule has 7 rings (SSSR count). The van der Waals surface area contributed by atoms with Crippen molar-refractivity contribution in [1.82, 2.24) is 0 Å². The highest BCUT2D eigenvalue weighted by Gasteiger charge is 2.38. The summed E-state index contributed by atoms with van der Waals surface area (Å²) in [5.74, 6) is 0.207. The first-order valence-electron chi connectivity index (χ1n) is 19.4. The maximum Gasteiger partial charge on any atom is 0.247 e. The van der Waals surface area contributed by atoms with Crippen LogP contribution < -0.4 is 9.80 Å². The van der Waals surface area contributed by atoms with E-state index in [2.05, 4.69) is 180 Å². The second-order valence-electron chi connectivity index (χ2n) is 19.6. The summed E-state index contributed by atoms with van der Waals surface area (Å²) in [7, 11) is 0. The van der Waals surface area contributed by atoms with Crippen molar-refractivity contribution in [3.8, 4) is 44.5 Å². The zero-order valence-corrected chi connectivity index (χ0v) is 34.4. The molecule has 5 aromatic rings. The number of benzene rings is 5. The Balaban J connectivity index is 1.29. The SMILES string of the molecule is CC(C)(C)c1cc(-c2ccc(-c3cc(N4CC4=O)c(-c4ccc(-c5cc(C(C)(C)C)cc(C(C)(C)C)c5)cc4)cc3N3CC3=O)cc2)cc(C(C)(C)C)c1. The summed E-state index contributed by atoms with van der Waals surface area (Å²) in [4.78, 5) is 29.1. The molecule has 0 aliphatic carbocycles. The molecule has 2 aliphatic rings. The smallest absolute Gasteiger partial charge is 0.247 e. The van der Waals surface area contributed by atoms with Gasteiger partial charge < -0.3 is 9.80 Å². The average molecular weight is 717 g/mol. The van der Waals surface area contributed by atoms with Gasteiger partial charge in [-0.1, -0.05) is 168 Å². The number of anilines is 2. The molecular weight excluding hydrogens is 661 g/mol. The lowest BCUT2D eigenvalue weighted by molar-refractivity contribution is -0.110. The first-order valence-corrected chi connectivity index (χ1v) is 19.4. The highest BCUT2D eigenvalue weighted by Crippen LogP contribution is 2.46. The van der Waals surface area contributed by atoms with Crippen LogP contribution in [-0.4, -0.2) is 24.9 Å². The molecule has 2 aliphatic heterocycles. The van der Waals surface area contributed by atoms with Gasteiger partial charge in [-0.3, -0.25) is 9.59 Å². The quantitative estimate of drug-likeness (QED) is 0.164. The summed E-state index contributed by atoms with van der Waals surface area (Å²) in [6.45, 7) is 28.0. The summed E-state index contributed by atoms with van der Waals surface area (Å²) < 4.78 is 0. The Morgan fingerprint density at radius 2 is 0.593 bits per heavy atom. The van der Waals surface area contributed by atoms with E-state index in [1.807, 2.05) is 9.80 Å². The van der Waals surface area contributed by atoms with Crippen molar-refractivity contribution in [1.29, 1.82) is 0 Å². The van der Waals surface area contributed by atoms with Crippen LogP contribution in [-0.2, 0) is 31.2 Å². The number of carbonyl (C=O) groups is 2. The number of hydrogen-bond donors (Lipinski definition) is 0. The molecule has 2 amide bonds. The molecule has 0 radical (unpaired) electrons. The summed E-state index contributed by atoms with van der Waals surface area (Å²) in [5, 5.41) is 0. The number of hydrogen-bond acceptors (Lipinski definition) is 2. The van der Waals surface area contributed by atoms with E-state index < -0.39 is 0 Å². The number of amides is 2. The number of carbonyl (C=O) groups excluding carboxylic acids is 2. The van der Waals surface area contributed by atoms with Gasteiger partial charge in [0.25, 0.3) is 0 Å². The lowest BCUT2D eigenvalue weighted by Crippen LogP contribution is -2.16. The maximum atomic E-state index is 12.7. The molecule has 2 heterocycles. The standard InChI is InChI=1S/C50H56N2O2/c1-47(2,3)37-21-35(22-38(25-37)48(4,5)6)31-13-17-33(18-14-31)41-27-44(52-30-46(52)54)42(28-43(41)51-29-45(51)53)34-19-15-32(16-20-34)36-23-39(49(7,8)9)26-40(24-36)50(10,11)12/h13-28H,29-30H2,1-12H3. The van der Waals surface area contributed by atoms with Crippen LogP contribution in [0.3, 0.4) is 0 Å². The van der Waals surface area contributed by atoms with Crippen molar-refractivity contribution >= 4 is 23.2 Å². The zero-order chi connectivity index (χ0) is 39.1. The van der Waals surface area contributed by atoms with E-state index in [4.69, 9.17) is 0 Å². The lowest BCUT2D eigenvalue weighted by atomic mass is 9.79. The molecular formula is C50H56N2O2. The van der Waals surface area contributed by atoms with Crippen molar-refractivity contribution in [2.75, 3.05) is 22.9 Å². The van der Waals surface area contributed by atoms with Crippen molar-refractivity contribution in [3.05, 3.63) is 119 Å². The van der Waals surface area contributed by atoms with Gasteiger partial charge in [-0.15, -0.1) is 0 Å². The van der Waals surface area contributed by atoms with Crippen LogP contribution in [0.4, 0.5) is 11.4 Å². The zero-order valence-electron chi connectivity index (χ0n) is 34.4. The van der Waals surface area contributed by atoms with E-state index in [0.717, 1.165) is 44.8 Å². The normalized spacial score (nSPS) is 14.9. The van der Waals surface area contributed by atoms with Gasteiger partial charge in [0, 0.05) is 11.1 Å². The molecule has 0 spiro atoms. The van der Waals surface area contributed by atoms with Gasteiger partial charge in [0.05, 0.1) is 11.4 Å². The first-order chi connectivity index (χ1) is 25.1. The largest absolute Gasteiger partial charge is 0.301 e. The summed E-state index contributed by atoms with van der Waals surface area (Å²) in [5.41, 5.74) is 15.8. The molecule has 0 N–H and O–H groups in total. The predicted octanol–water partition coefficient (Wildman–Crippen LogP) is 12.2. The van der Waals surface area contributed by atoms with Crippen molar-refractivity contribution in [2.45, 2.75) is 105 Å². The first kappa shape index (κ1) is 37.4. The van der Waals surface area contributed by atoms with Crippen LogP contribution in [0.15, 0.2) is 97.1 Å². The average Bonchev–Trinajstić information content (AvgIpc) is 4.02. The molecule has 4 nitrogen and oxygen atoms in total. The fraction of sp³-hybridized carbons (Fsp3) is 0.360.